The molecule has 0 spiro atoms. The third-order valence-electron chi connectivity index (χ3n) is 17.3. The number of aliphatic imine (C=N–C) groups is 1. The number of carbonyl (C=O) groups excluding carboxylic acids is 9. The zero-order valence-electron chi connectivity index (χ0n) is 54.8. The number of nitrogens with one attached hydrogen (secondary N) is 5. The number of aliphatic hydroxyl groups excluding tert-OH is 1. The number of hydrogen-bond donors (Lipinski definition) is 11. The molecule has 0 radical (unpaired) electrons. The normalized spacial score (nSPS) is 15.2. The van der Waals surface area contributed by atoms with Crippen LogP contribution in [-0.4, -0.2) is 180 Å². The van der Waals surface area contributed by atoms with Crippen LogP contribution in [0.1, 0.15) is 98.4 Å². The molecule has 0 bridgehead atoms. The fraction of sp³-hybridized carbons (Fsp3) is 0.426. The fourth-order valence-corrected chi connectivity index (χ4v) is 12.9. The number of H-pyrrole nitrogens is 1. The second-order valence-corrected chi connectivity index (χ2v) is 25.6. The number of para-hydroxylation sites is 1. The van der Waals surface area contributed by atoms with Gasteiger partial charge >= 0.3 is 11.9 Å². The average molecular weight is 1340 g/mol. The number of aromatic amines is 1. The van der Waals surface area contributed by atoms with Crippen LogP contribution in [0.2, 0.25) is 0 Å². The minimum Gasteiger partial charge on any atom is -0.481 e. The van der Waals surface area contributed by atoms with Gasteiger partial charge in [-0.3, -0.25) is 57.8 Å². The predicted molar refractivity (Wildman–Crippen MR) is 362 cm³/mol. The highest BCUT2D eigenvalue weighted by Gasteiger charge is 2.40. The van der Waals surface area contributed by atoms with Crippen molar-refractivity contribution in [1.82, 2.24) is 35.7 Å². The van der Waals surface area contributed by atoms with Gasteiger partial charge in [0.05, 0.1) is 47.9 Å². The van der Waals surface area contributed by atoms with E-state index >= 15 is 0 Å². The molecule has 3 heterocycles. The monoisotopic (exact) mass is 1340 g/mol. The van der Waals surface area contributed by atoms with Crippen molar-refractivity contribution >= 4 is 110 Å². The number of carboxylic acid groups (broad SMARTS) is 2. The minimum atomic E-state index is -1.54. The van der Waals surface area contributed by atoms with Gasteiger partial charge in [0.2, 0.25) is 40.8 Å². The Morgan fingerprint density at radius 1 is 0.802 bits per heavy atom. The van der Waals surface area contributed by atoms with E-state index in [0.29, 0.717) is 57.2 Å². The molecule has 4 aromatic rings. The van der Waals surface area contributed by atoms with E-state index < -0.39 is 132 Å². The highest BCUT2D eigenvalue weighted by atomic mass is 32.2. The Morgan fingerprint density at radius 2 is 1.49 bits per heavy atom. The van der Waals surface area contributed by atoms with E-state index in [4.69, 9.17) is 21.6 Å². The first-order chi connectivity index (χ1) is 45.6. The number of fused-ring (bicyclic) bond motifs is 3. The summed E-state index contributed by atoms with van der Waals surface area (Å²) in [6, 6.07) is 18.0. The largest absolute Gasteiger partial charge is 0.481 e. The minimum absolute atomic E-state index is 0.0211. The number of anilines is 1. The molecular weight excluding hydrogens is 1260 g/mol. The molecule has 2 unspecified atom stereocenters. The Bertz CT molecular complexity index is 4000. The Balaban J connectivity index is 1.04. The van der Waals surface area contributed by atoms with Crippen molar-refractivity contribution < 1.29 is 72.5 Å². The van der Waals surface area contributed by atoms with Crippen LogP contribution in [0.15, 0.2) is 94.5 Å². The molecule has 512 valence electrons. The summed E-state index contributed by atoms with van der Waals surface area (Å²) in [5, 5.41) is 42.4. The second-order valence-electron chi connectivity index (χ2n) is 24.4. The first-order valence-electron chi connectivity index (χ1n) is 31.6. The van der Waals surface area contributed by atoms with Gasteiger partial charge in [-0.05, 0) is 78.8 Å². The van der Waals surface area contributed by atoms with Crippen LogP contribution >= 0.6 is 11.8 Å². The number of nitrogens with zero attached hydrogens (tertiary/aromatic N) is 4. The second kappa shape index (κ2) is 33.4. The molecule has 28 heteroatoms. The molecule has 7 rings (SSSR count). The maximum atomic E-state index is 14.8. The van der Waals surface area contributed by atoms with Gasteiger partial charge in [-0.25, -0.2) is 9.37 Å². The Morgan fingerprint density at radius 3 is 2.15 bits per heavy atom. The summed E-state index contributed by atoms with van der Waals surface area (Å²) >= 11 is 0.877. The molecule has 1 aromatic heterocycles. The first-order valence-corrected chi connectivity index (χ1v) is 32.7. The summed E-state index contributed by atoms with van der Waals surface area (Å²) in [5.41, 5.74) is 20.9. The standard InChI is InChI=1S/C68H84N12O15S/c1-8-36(3)43(9-2)65(91)76-51(31-59(85)86)54(83)28-40(34-81)64(90)75-50(26-39-33-74-49-15-11-10-14-44(39)49)53(82)27-37(13-12-22-73-68(70)71)63(89)77-52(61(69)87)35-96-57-32-58(84)80(66(57)92)24-23-72-62(88)38-16-19-45(67(93)94)48(25-38)60-46-20-17-41(78(4)5)29-55(46)95-56-30-42(79(6)7)18-21-47(56)60/h10-11,14-21,25,29-30,33,36-37,40,43,50-52,57,74,81H,8-9,12-13,22-24,26-28,31-32,34-35H2,1-7H3,(H11-,69,70,71,72,73,75,76,77,85,86,87,88,89,90,91,93,94)/p+1/t36-,37+,40-,43-,50-,51-,52?,57?/m0/s1. The number of hydrogen-bond acceptors (Lipinski definition) is 16. The van der Waals surface area contributed by atoms with Crippen molar-refractivity contribution in [2.24, 2.45) is 45.9 Å². The lowest BCUT2D eigenvalue weighted by Gasteiger charge is -2.26. The number of benzene rings is 4. The average Bonchev–Trinajstić information content (AvgIpc) is 0.954. The third kappa shape index (κ3) is 18.5. The summed E-state index contributed by atoms with van der Waals surface area (Å²) in [6.45, 7) is 4.18. The van der Waals surface area contributed by atoms with E-state index in [0.717, 1.165) is 27.7 Å². The van der Waals surface area contributed by atoms with Crippen LogP contribution in [0, 0.1) is 23.7 Å². The molecule has 27 nitrogen and oxygen atoms in total. The van der Waals surface area contributed by atoms with Crippen LogP contribution in [0.25, 0.3) is 44.3 Å². The van der Waals surface area contributed by atoms with Crippen molar-refractivity contribution in [3.63, 3.8) is 0 Å². The number of amides is 7. The maximum absolute atomic E-state index is 14.8. The highest BCUT2D eigenvalue weighted by molar-refractivity contribution is 8.00. The lowest BCUT2D eigenvalue weighted by atomic mass is 9.88. The van der Waals surface area contributed by atoms with Gasteiger partial charge in [-0.15, -0.1) is 11.8 Å². The van der Waals surface area contributed by atoms with Gasteiger partial charge in [-0.2, -0.15) is 0 Å². The number of ketones is 2. The van der Waals surface area contributed by atoms with Crippen molar-refractivity contribution in [3.8, 4) is 22.5 Å². The number of thioether (sulfide) groups is 1. The third-order valence-corrected chi connectivity index (χ3v) is 18.6. The van der Waals surface area contributed by atoms with Gasteiger partial charge in [0.15, 0.2) is 17.5 Å². The van der Waals surface area contributed by atoms with E-state index in [1.54, 1.807) is 37.4 Å². The summed E-state index contributed by atoms with van der Waals surface area (Å²) in [7, 11) is 7.51. The lowest BCUT2D eigenvalue weighted by molar-refractivity contribution is -0.141. The van der Waals surface area contributed by atoms with E-state index in [-0.39, 0.29) is 79.6 Å². The molecule has 8 atom stereocenters. The number of aromatic carboxylic acids is 1. The molecule has 1 saturated heterocycles. The number of Topliss-reactive ketones (excluding diaryl/α,β-unsaturated/α-hetero) is 2. The number of primary amides is 1. The molecule has 1 fully saturated rings. The number of rotatable bonds is 35. The molecule has 2 aliphatic heterocycles. The Hall–Kier alpha value is -9.96. The zero-order chi connectivity index (χ0) is 70.2. The van der Waals surface area contributed by atoms with Gasteiger partial charge in [0, 0.05) is 134 Å². The number of guanidine groups is 1. The quantitative estimate of drug-likeness (QED) is 0.00680. The predicted octanol–water partition coefficient (Wildman–Crippen LogP) is 3.00. The van der Waals surface area contributed by atoms with Gasteiger partial charge in [0.25, 0.3) is 5.91 Å². The number of aromatic nitrogens is 1. The Labute approximate surface area is 558 Å². The molecular formula is C68H85N12O15S+. The number of aliphatic carboxylic acids is 1. The Kier molecular flexibility index (Phi) is 25.6. The number of imide groups is 1. The van der Waals surface area contributed by atoms with Crippen molar-refractivity contribution in [2.45, 2.75) is 102 Å². The number of likely N-dealkylation sites (tertiary alicyclic amines) is 1. The van der Waals surface area contributed by atoms with Gasteiger partial charge in [-0.1, -0.05) is 45.4 Å². The van der Waals surface area contributed by atoms with Crippen LogP contribution in [0.5, 0.6) is 0 Å². The number of aliphatic hydroxyl groups is 1. The highest BCUT2D eigenvalue weighted by Crippen LogP contribution is 2.42. The lowest BCUT2D eigenvalue weighted by Crippen LogP contribution is -2.50. The molecule has 14 N–H and O–H groups in total. The van der Waals surface area contributed by atoms with Crippen molar-refractivity contribution in [2.75, 3.05) is 65.1 Å². The number of carbonyl (C=O) groups is 11. The zero-order valence-corrected chi connectivity index (χ0v) is 55.6. The van der Waals surface area contributed by atoms with Crippen LogP contribution in [-0.2, 0) is 49.6 Å². The summed E-state index contributed by atoms with van der Waals surface area (Å²) in [6.07, 6.45) is 0.231. The van der Waals surface area contributed by atoms with E-state index in [1.807, 2.05) is 87.9 Å². The molecule has 0 saturated carbocycles. The maximum Gasteiger partial charge on any atom is 0.336 e. The van der Waals surface area contributed by atoms with E-state index in [1.165, 1.54) is 18.2 Å². The van der Waals surface area contributed by atoms with E-state index in [2.05, 4.69) is 31.2 Å². The van der Waals surface area contributed by atoms with Gasteiger partial charge in [0.1, 0.15) is 31.5 Å². The van der Waals surface area contributed by atoms with Crippen molar-refractivity contribution in [1.29, 1.82) is 0 Å². The topological polar surface area (TPSA) is 425 Å². The molecule has 1 aliphatic carbocycles. The van der Waals surface area contributed by atoms with Crippen LogP contribution in [0.4, 0.5) is 5.69 Å². The van der Waals surface area contributed by atoms with Crippen LogP contribution in [0.3, 0.4) is 0 Å². The van der Waals surface area contributed by atoms with Crippen molar-refractivity contribution in [3.05, 3.63) is 107 Å². The SMILES string of the molecule is CC[C@H](C(=O)N[C@@H](CC(=O)O)C(=O)C[C@@H](CO)C(=O)N[C@@H](Cc1c[nH]c2ccccc12)C(=O)C[C@@H](CCCN=C(N)N)C(=O)NC(CSC1CC(=O)N(CCNC(=O)c2ccc(C(=O)O)c(-c3c4ccc(=[N+](C)C)cc-4oc4cc(N(C)C)ccc34)c2)C1=O)C(N)=O)[C@@H](C)CC. The first kappa shape index (κ1) is 73.5. The molecule has 3 aliphatic rings. The fourth-order valence-electron chi connectivity index (χ4n) is 11.7. The number of carboxylic acids is 2. The van der Waals surface area contributed by atoms with E-state index in [9.17, 15) is 68.1 Å². The van der Waals surface area contributed by atoms with Crippen LogP contribution < -0.4 is 53.3 Å². The molecule has 3 aromatic carbocycles. The summed E-state index contributed by atoms with van der Waals surface area (Å²) < 4.78 is 8.33. The smallest absolute Gasteiger partial charge is 0.336 e. The summed E-state index contributed by atoms with van der Waals surface area (Å²) in [4.78, 5) is 160. The summed E-state index contributed by atoms with van der Waals surface area (Å²) in [5.74, 6) is -12.8. The number of nitrogens with two attached hydrogens (primary N) is 3. The molecule has 7 amide bonds. The van der Waals surface area contributed by atoms with Gasteiger partial charge < -0.3 is 68.1 Å². The molecule has 96 heavy (non-hydrogen) atoms.